The third kappa shape index (κ3) is 7.35. The van der Waals surface area contributed by atoms with E-state index in [1.807, 2.05) is 0 Å². The van der Waals surface area contributed by atoms with Crippen molar-refractivity contribution in [1.29, 1.82) is 0 Å². The minimum Gasteiger partial charge on any atom is -0.444 e. The van der Waals surface area contributed by atoms with Crippen LogP contribution >= 0.6 is 23.4 Å². The Balaban J connectivity index is 1.97. The van der Waals surface area contributed by atoms with E-state index < -0.39 is 35.4 Å². The first-order valence-electron chi connectivity index (χ1n) is 11.3. The summed E-state index contributed by atoms with van der Waals surface area (Å²) >= 11 is 7.22. The molecule has 0 aliphatic carbocycles. The molecule has 1 aliphatic heterocycles. The minimum atomic E-state index is -0.938. The maximum Gasteiger partial charge on any atom is 0.408 e. The summed E-state index contributed by atoms with van der Waals surface area (Å²) in [4.78, 5) is 40.6. The molecule has 0 aromatic heterocycles. The Hall–Kier alpha value is -2.82. The molecular weight excluding hydrogens is 509 g/mol. The number of carbonyl (C=O) groups excluding carboxylic acids is 3. The van der Waals surface area contributed by atoms with Gasteiger partial charge in [0, 0.05) is 29.3 Å². The molecule has 3 rings (SSSR count). The van der Waals surface area contributed by atoms with Gasteiger partial charge in [0.05, 0.1) is 24.4 Å². The predicted molar refractivity (Wildman–Crippen MR) is 137 cm³/mol. The Morgan fingerprint density at radius 2 is 1.92 bits per heavy atom. The van der Waals surface area contributed by atoms with Gasteiger partial charge in [-0.2, -0.15) is 0 Å². The molecule has 36 heavy (non-hydrogen) atoms. The van der Waals surface area contributed by atoms with Gasteiger partial charge in [0.1, 0.15) is 17.5 Å². The van der Waals surface area contributed by atoms with Gasteiger partial charge in [0.15, 0.2) is 0 Å². The van der Waals surface area contributed by atoms with Crippen LogP contribution in [-0.2, 0) is 20.8 Å². The van der Waals surface area contributed by atoms with Gasteiger partial charge in [-0.25, -0.2) is 9.18 Å². The van der Waals surface area contributed by atoms with E-state index in [0.717, 1.165) is 5.56 Å². The average molecular weight is 538 g/mol. The molecule has 0 fully saturated rings. The molecule has 3 amide bonds. The van der Waals surface area contributed by atoms with Crippen molar-refractivity contribution in [3.8, 4) is 0 Å². The van der Waals surface area contributed by atoms with E-state index in [2.05, 4.69) is 10.6 Å². The molecule has 2 aromatic carbocycles. The normalized spacial score (nSPS) is 15.7. The zero-order valence-corrected chi connectivity index (χ0v) is 22.1. The number of fused-ring (bicyclic) bond motifs is 1. The molecule has 1 aliphatic rings. The molecule has 194 valence electrons. The van der Waals surface area contributed by atoms with Crippen LogP contribution in [0.2, 0.25) is 5.02 Å². The van der Waals surface area contributed by atoms with Crippen LogP contribution in [0.5, 0.6) is 0 Å². The van der Waals surface area contributed by atoms with Gasteiger partial charge in [-0.1, -0.05) is 23.7 Å². The van der Waals surface area contributed by atoms with Crippen molar-refractivity contribution in [1.82, 2.24) is 10.6 Å². The molecule has 2 N–H and O–H groups in total. The Kier molecular flexibility index (Phi) is 9.21. The number of nitrogens with zero attached hydrogens (tertiary/aromatic N) is 1. The van der Waals surface area contributed by atoms with Crippen LogP contribution in [0, 0.1) is 5.82 Å². The smallest absolute Gasteiger partial charge is 0.408 e. The van der Waals surface area contributed by atoms with Gasteiger partial charge < -0.3 is 25.0 Å². The molecule has 1 heterocycles. The number of carbonyl (C=O) groups is 3. The SMILES string of the molecule is COCCNC(=O)c1cc2c(cc1F)SC[C@H](NC(=O)OC(C)(C)C)C(=O)N2Cc1ccc(Cl)cc1. The molecule has 0 radical (unpaired) electrons. The highest BCUT2D eigenvalue weighted by Crippen LogP contribution is 2.37. The first kappa shape index (κ1) is 27.8. The van der Waals surface area contributed by atoms with E-state index >= 15 is 0 Å². The summed E-state index contributed by atoms with van der Waals surface area (Å²) in [7, 11) is 1.49. The fraction of sp³-hybridized carbons (Fsp3) is 0.400. The molecule has 0 saturated carbocycles. The van der Waals surface area contributed by atoms with Gasteiger partial charge in [-0.15, -0.1) is 11.8 Å². The van der Waals surface area contributed by atoms with E-state index in [-0.39, 0.29) is 31.0 Å². The fourth-order valence-corrected chi connectivity index (χ4v) is 4.65. The van der Waals surface area contributed by atoms with Crippen molar-refractivity contribution >= 4 is 47.0 Å². The third-order valence-electron chi connectivity index (χ3n) is 5.09. The molecule has 0 unspecified atom stereocenters. The molecular formula is C25H29ClFN3O5S. The second-order valence-electron chi connectivity index (χ2n) is 9.11. The molecule has 2 aromatic rings. The van der Waals surface area contributed by atoms with E-state index in [9.17, 15) is 18.8 Å². The summed E-state index contributed by atoms with van der Waals surface area (Å²) in [5, 5.41) is 5.77. The number of nitrogens with one attached hydrogen (secondary N) is 2. The largest absolute Gasteiger partial charge is 0.444 e. The Labute approximate surface area is 218 Å². The number of rotatable bonds is 7. The Morgan fingerprint density at radius 3 is 2.56 bits per heavy atom. The summed E-state index contributed by atoms with van der Waals surface area (Å²) in [5.41, 5.74) is 0.187. The molecule has 0 bridgehead atoms. The molecule has 0 saturated heterocycles. The first-order chi connectivity index (χ1) is 17.0. The van der Waals surface area contributed by atoms with Gasteiger partial charge >= 0.3 is 6.09 Å². The summed E-state index contributed by atoms with van der Waals surface area (Å²) in [6.07, 6.45) is -0.733. The number of amides is 3. The van der Waals surface area contributed by atoms with Crippen LogP contribution in [-0.4, -0.2) is 55.6 Å². The van der Waals surface area contributed by atoms with Crippen molar-refractivity contribution in [2.75, 3.05) is 30.9 Å². The number of halogens is 2. The number of thioether (sulfide) groups is 1. The standard InChI is InChI=1S/C25H29ClFN3O5S/c1-25(2,3)35-24(33)29-19-14-36-21-12-18(27)17(22(31)28-9-10-34-4)11-20(21)30(23(19)32)13-15-5-7-16(26)8-6-15/h5-8,11-12,19H,9-10,13-14H2,1-4H3,(H,28,31)(H,29,33)/t19-/m0/s1. The quantitative estimate of drug-likeness (QED) is 0.509. The molecule has 11 heteroatoms. The van der Waals surface area contributed by atoms with Crippen LogP contribution in [0.1, 0.15) is 36.7 Å². The Morgan fingerprint density at radius 1 is 1.22 bits per heavy atom. The summed E-state index contributed by atoms with van der Waals surface area (Å²) in [6.45, 7) is 5.76. The van der Waals surface area contributed by atoms with Crippen molar-refractivity contribution in [3.63, 3.8) is 0 Å². The molecule has 1 atom stereocenters. The van der Waals surface area contributed by atoms with Gasteiger partial charge in [-0.3, -0.25) is 9.59 Å². The lowest BCUT2D eigenvalue weighted by molar-refractivity contribution is -0.120. The summed E-state index contributed by atoms with van der Waals surface area (Å²) in [6, 6.07) is 8.60. The first-order valence-corrected chi connectivity index (χ1v) is 12.6. The number of ether oxygens (including phenoxy) is 2. The third-order valence-corrected chi connectivity index (χ3v) is 6.48. The lowest BCUT2D eigenvalue weighted by Crippen LogP contribution is -2.50. The molecule has 0 spiro atoms. The van der Waals surface area contributed by atoms with Crippen molar-refractivity contribution in [2.45, 2.75) is 43.9 Å². The Bertz CT molecular complexity index is 1120. The highest BCUT2D eigenvalue weighted by atomic mass is 35.5. The van der Waals surface area contributed by atoms with Crippen LogP contribution in [0.25, 0.3) is 0 Å². The van der Waals surface area contributed by atoms with Crippen molar-refractivity contribution < 1.29 is 28.2 Å². The highest BCUT2D eigenvalue weighted by Gasteiger charge is 2.34. The topological polar surface area (TPSA) is 97.0 Å². The number of benzene rings is 2. The maximum atomic E-state index is 14.9. The van der Waals surface area contributed by atoms with Gasteiger partial charge in [0.2, 0.25) is 0 Å². The van der Waals surface area contributed by atoms with E-state index in [4.69, 9.17) is 21.1 Å². The second-order valence-corrected chi connectivity index (χ2v) is 10.6. The number of anilines is 1. The number of methoxy groups -OCH3 is 1. The lowest BCUT2D eigenvalue weighted by atomic mass is 10.1. The van der Waals surface area contributed by atoms with Crippen LogP contribution in [0.4, 0.5) is 14.9 Å². The number of hydrogen-bond acceptors (Lipinski definition) is 6. The van der Waals surface area contributed by atoms with E-state index in [0.29, 0.717) is 15.6 Å². The van der Waals surface area contributed by atoms with Gasteiger partial charge in [-0.05, 0) is 50.6 Å². The minimum absolute atomic E-state index is 0.117. The number of hydrogen-bond donors (Lipinski definition) is 2. The summed E-state index contributed by atoms with van der Waals surface area (Å²) in [5.74, 6) is -1.60. The zero-order chi connectivity index (χ0) is 26.5. The monoisotopic (exact) mass is 537 g/mol. The average Bonchev–Trinajstić information content (AvgIpc) is 2.91. The second kappa shape index (κ2) is 11.9. The van der Waals surface area contributed by atoms with Crippen molar-refractivity contribution in [3.05, 3.63) is 58.4 Å². The van der Waals surface area contributed by atoms with E-state index in [1.54, 1.807) is 45.0 Å². The maximum absolute atomic E-state index is 14.9. The van der Waals surface area contributed by atoms with Crippen LogP contribution < -0.4 is 15.5 Å². The summed E-state index contributed by atoms with van der Waals surface area (Å²) < 4.78 is 25.2. The molecule has 8 nitrogen and oxygen atoms in total. The van der Waals surface area contributed by atoms with E-state index in [1.165, 1.54) is 35.9 Å². The lowest BCUT2D eigenvalue weighted by Gasteiger charge is -2.27. The predicted octanol–water partition coefficient (Wildman–Crippen LogP) is 4.39. The number of alkyl carbamates (subject to hydrolysis) is 1. The van der Waals surface area contributed by atoms with Gasteiger partial charge in [0.25, 0.3) is 11.8 Å². The van der Waals surface area contributed by atoms with Crippen molar-refractivity contribution in [2.24, 2.45) is 0 Å². The van der Waals surface area contributed by atoms with Crippen LogP contribution in [0.15, 0.2) is 41.3 Å². The zero-order valence-electron chi connectivity index (χ0n) is 20.5. The highest BCUT2D eigenvalue weighted by molar-refractivity contribution is 7.99. The van der Waals surface area contributed by atoms with Crippen LogP contribution in [0.3, 0.4) is 0 Å². The fourth-order valence-electron chi connectivity index (χ4n) is 3.45.